The van der Waals surface area contributed by atoms with E-state index in [4.69, 9.17) is 0 Å². The zero-order valence-corrected chi connectivity index (χ0v) is 15.7. The molecular formula is C22H28N4O. The number of nitrogens with one attached hydrogen (secondary N) is 2. The second kappa shape index (κ2) is 7.12. The predicted octanol–water partition coefficient (Wildman–Crippen LogP) is 3.67. The summed E-state index contributed by atoms with van der Waals surface area (Å²) in [7, 11) is 0. The number of hydrogen-bond acceptors (Lipinski definition) is 3. The largest absolute Gasteiger partial charge is 0.311 e. The summed E-state index contributed by atoms with van der Waals surface area (Å²) in [5.74, 6) is 1.47. The first kappa shape index (κ1) is 17.0. The van der Waals surface area contributed by atoms with Crippen LogP contribution in [0.3, 0.4) is 0 Å². The third-order valence-electron chi connectivity index (χ3n) is 6.62. The van der Waals surface area contributed by atoms with Crippen LogP contribution in [-0.2, 0) is 11.2 Å². The van der Waals surface area contributed by atoms with E-state index in [-0.39, 0.29) is 11.9 Å². The van der Waals surface area contributed by atoms with Crippen molar-refractivity contribution in [2.24, 2.45) is 5.92 Å². The topological polar surface area (TPSA) is 59.0 Å². The van der Waals surface area contributed by atoms with Gasteiger partial charge in [-0.15, -0.1) is 0 Å². The van der Waals surface area contributed by atoms with Gasteiger partial charge >= 0.3 is 0 Å². The Morgan fingerprint density at radius 2 is 1.96 bits per heavy atom. The van der Waals surface area contributed by atoms with Gasteiger partial charge in [-0.3, -0.25) is 4.79 Å². The zero-order chi connectivity index (χ0) is 18.2. The van der Waals surface area contributed by atoms with Crippen LogP contribution in [0.25, 0.3) is 0 Å². The number of carbonyl (C=O) groups is 1. The average molecular weight is 364 g/mol. The molecule has 2 bridgehead atoms. The average Bonchev–Trinajstić information content (AvgIpc) is 3.27. The van der Waals surface area contributed by atoms with E-state index in [1.165, 1.54) is 24.0 Å². The summed E-state index contributed by atoms with van der Waals surface area (Å²) in [6.07, 6.45) is 10.6. The number of nitrogens with zero attached hydrogens (tertiary/aromatic N) is 2. The maximum atomic E-state index is 12.7. The molecule has 0 spiro atoms. The molecule has 2 aromatic rings. The summed E-state index contributed by atoms with van der Waals surface area (Å²) in [6, 6.07) is 12.0. The minimum atomic E-state index is 0.132. The van der Waals surface area contributed by atoms with Crippen LogP contribution in [0.15, 0.2) is 36.5 Å². The Balaban J connectivity index is 1.29. The van der Waals surface area contributed by atoms with Crippen molar-refractivity contribution in [1.82, 2.24) is 15.1 Å². The number of carbonyl (C=O) groups excluding carboxylic acids is 1. The van der Waals surface area contributed by atoms with Crippen molar-refractivity contribution < 1.29 is 4.79 Å². The van der Waals surface area contributed by atoms with Gasteiger partial charge in [-0.1, -0.05) is 24.3 Å². The zero-order valence-electron chi connectivity index (χ0n) is 15.7. The summed E-state index contributed by atoms with van der Waals surface area (Å²) in [5.41, 5.74) is 2.75. The van der Waals surface area contributed by atoms with Gasteiger partial charge < -0.3 is 10.6 Å². The molecule has 1 aromatic heterocycles. The summed E-state index contributed by atoms with van der Waals surface area (Å²) in [5, 5.41) is 11.4. The molecule has 27 heavy (non-hydrogen) atoms. The molecule has 142 valence electrons. The maximum Gasteiger partial charge on any atom is 0.225 e. The second-order valence-corrected chi connectivity index (χ2v) is 8.50. The fourth-order valence-electron chi connectivity index (χ4n) is 5.44. The molecule has 3 aliphatic rings. The SMILES string of the molecule is O=C(CC1CC2CCC(C1)N2)Nc1ccnn1C1CCCc2ccccc21. The maximum absolute atomic E-state index is 12.7. The lowest BCUT2D eigenvalue weighted by Crippen LogP contribution is -2.39. The molecule has 2 aliphatic heterocycles. The predicted molar refractivity (Wildman–Crippen MR) is 106 cm³/mol. The molecule has 5 nitrogen and oxygen atoms in total. The minimum Gasteiger partial charge on any atom is -0.311 e. The molecule has 3 atom stereocenters. The number of fused-ring (bicyclic) bond motifs is 3. The quantitative estimate of drug-likeness (QED) is 0.870. The fraction of sp³-hybridized carbons (Fsp3) is 0.545. The first-order valence-electron chi connectivity index (χ1n) is 10.4. The highest BCUT2D eigenvalue weighted by atomic mass is 16.1. The van der Waals surface area contributed by atoms with E-state index < -0.39 is 0 Å². The Bertz CT molecular complexity index is 817. The number of piperidine rings is 1. The third-order valence-corrected chi connectivity index (χ3v) is 6.62. The molecule has 1 amide bonds. The molecule has 1 aromatic carbocycles. The number of amides is 1. The number of aryl methyl sites for hydroxylation is 1. The minimum absolute atomic E-state index is 0.132. The van der Waals surface area contributed by atoms with Crippen LogP contribution in [0.5, 0.6) is 0 Å². The third kappa shape index (κ3) is 3.41. The van der Waals surface area contributed by atoms with Gasteiger partial charge in [-0.05, 0) is 62.0 Å². The first-order valence-corrected chi connectivity index (χ1v) is 10.4. The molecule has 5 heteroatoms. The Morgan fingerprint density at radius 1 is 1.15 bits per heavy atom. The highest BCUT2D eigenvalue weighted by Crippen LogP contribution is 2.35. The van der Waals surface area contributed by atoms with Crippen molar-refractivity contribution in [3.63, 3.8) is 0 Å². The number of anilines is 1. The monoisotopic (exact) mass is 364 g/mol. The van der Waals surface area contributed by atoms with Gasteiger partial charge in [0, 0.05) is 24.6 Å². The summed E-state index contributed by atoms with van der Waals surface area (Å²) in [6.45, 7) is 0. The van der Waals surface area contributed by atoms with Gasteiger partial charge in [-0.2, -0.15) is 5.10 Å². The van der Waals surface area contributed by atoms with Crippen molar-refractivity contribution in [3.8, 4) is 0 Å². The van der Waals surface area contributed by atoms with Crippen molar-refractivity contribution >= 4 is 11.7 Å². The number of aromatic nitrogens is 2. The highest BCUT2D eigenvalue weighted by Gasteiger charge is 2.34. The normalized spacial score (nSPS) is 29.3. The molecule has 2 saturated heterocycles. The molecule has 2 fully saturated rings. The molecule has 3 unspecified atom stereocenters. The first-order chi connectivity index (χ1) is 13.3. The van der Waals surface area contributed by atoms with Crippen LogP contribution in [0.1, 0.15) is 62.1 Å². The van der Waals surface area contributed by atoms with E-state index in [1.54, 1.807) is 6.20 Å². The summed E-state index contributed by atoms with van der Waals surface area (Å²) >= 11 is 0. The fourth-order valence-corrected chi connectivity index (χ4v) is 5.44. The second-order valence-electron chi connectivity index (χ2n) is 8.50. The van der Waals surface area contributed by atoms with Crippen molar-refractivity contribution in [3.05, 3.63) is 47.7 Å². The summed E-state index contributed by atoms with van der Waals surface area (Å²) < 4.78 is 2.02. The van der Waals surface area contributed by atoms with E-state index in [9.17, 15) is 4.79 Å². The van der Waals surface area contributed by atoms with Crippen LogP contribution in [-0.4, -0.2) is 27.8 Å². The summed E-state index contributed by atoms with van der Waals surface area (Å²) in [4.78, 5) is 12.7. The van der Waals surface area contributed by atoms with Crippen LogP contribution in [0.2, 0.25) is 0 Å². The lowest BCUT2D eigenvalue weighted by atomic mass is 9.88. The lowest BCUT2D eigenvalue weighted by molar-refractivity contribution is -0.117. The molecule has 0 saturated carbocycles. The van der Waals surface area contributed by atoms with Crippen molar-refractivity contribution in [2.45, 2.75) is 69.5 Å². The van der Waals surface area contributed by atoms with E-state index in [0.717, 1.165) is 37.9 Å². The van der Waals surface area contributed by atoms with Gasteiger partial charge in [0.1, 0.15) is 5.82 Å². The molecule has 2 N–H and O–H groups in total. The Kier molecular flexibility index (Phi) is 4.48. The Labute approximate surface area is 160 Å². The van der Waals surface area contributed by atoms with Crippen LogP contribution in [0.4, 0.5) is 5.82 Å². The Morgan fingerprint density at radius 3 is 2.81 bits per heavy atom. The molecule has 0 radical (unpaired) electrons. The lowest BCUT2D eigenvalue weighted by Gasteiger charge is -2.29. The number of rotatable bonds is 4. The number of hydrogen-bond donors (Lipinski definition) is 2. The molecule has 5 rings (SSSR count). The van der Waals surface area contributed by atoms with Gasteiger partial charge in [0.05, 0.1) is 12.2 Å². The van der Waals surface area contributed by atoms with Gasteiger partial charge in [0.15, 0.2) is 0 Å². The molecule has 3 heterocycles. The van der Waals surface area contributed by atoms with E-state index in [0.29, 0.717) is 24.4 Å². The van der Waals surface area contributed by atoms with Crippen LogP contribution >= 0.6 is 0 Å². The molecule has 1 aliphatic carbocycles. The van der Waals surface area contributed by atoms with E-state index in [1.807, 2.05) is 10.7 Å². The van der Waals surface area contributed by atoms with Crippen molar-refractivity contribution in [1.29, 1.82) is 0 Å². The van der Waals surface area contributed by atoms with Crippen LogP contribution in [0, 0.1) is 5.92 Å². The van der Waals surface area contributed by atoms with Gasteiger partial charge in [0.2, 0.25) is 5.91 Å². The van der Waals surface area contributed by atoms with E-state index >= 15 is 0 Å². The van der Waals surface area contributed by atoms with Crippen LogP contribution < -0.4 is 10.6 Å². The van der Waals surface area contributed by atoms with Crippen molar-refractivity contribution in [2.75, 3.05) is 5.32 Å². The van der Waals surface area contributed by atoms with Gasteiger partial charge in [-0.25, -0.2) is 4.68 Å². The Hall–Kier alpha value is -2.14. The van der Waals surface area contributed by atoms with E-state index in [2.05, 4.69) is 40.0 Å². The number of benzene rings is 1. The standard InChI is InChI=1S/C22H28N4O/c27-22(14-15-12-17-8-9-18(13-15)24-17)25-21-10-11-23-26(21)20-7-3-5-16-4-1-2-6-19(16)20/h1-2,4,6,10-11,15,17-18,20,24H,3,5,7-9,12-14H2,(H,25,27). The molecular weight excluding hydrogens is 336 g/mol. The highest BCUT2D eigenvalue weighted by molar-refractivity contribution is 5.90. The van der Waals surface area contributed by atoms with Gasteiger partial charge in [0.25, 0.3) is 0 Å². The smallest absolute Gasteiger partial charge is 0.225 e.